The number of aryl methyl sites for hydroxylation is 2. The topological polar surface area (TPSA) is 117 Å². The van der Waals surface area contributed by atoms with Gasteiger partial charge in [-0.1, -0.05) is 12.1 Å². The first-order chi connectivity index (χ1) is 21.0. The van der Waals surface area contributed by atoms with Gasteiger partial charge in [-0.2, -0.15) is 0 Å². The first-order valence-corrected chi connectivity index (χ1v) is 16.1. The third-order valence-electron chi connectivity index (χ3n) is 7.33. The summed E-state index contributed by atoms with van der Waals surface area (Å²) >= 11 is 0. The Morgan fingerprint density at radius 1 is 1.02 bits per heavy atom. The van der Waals surface area contributed by atoms with Crippen LogP contribution in [-0.4, -0.2) is 54.7 Å². The molecular weight excluding hydrogens is 583 g/mol. The highest BCUT2D eigenvalue weighted by Crippen LogP contribution is 2.28. The summed E-state index contributed by atoms with van der Waals surface area (Å²) in [5, 5.41) is 2.92. The van der Waals surface area contributed by atoms with Gasteiger partial charge in [0.1, 0.15) is 11.6 Å². The maximum Gasteiger partial charge on any atom is 0.326 e. The highest BCUT2D eigenvalue weighted by Gasteiger charge is 2.30. The number of sulfonamides is 1. The van der Waals surface area contributed by atoms with Gasteiger partial charge in [-0.15, -0.1) is 0 Å². The van der Waals surface area contributed by atoms with Crippen LogP contribution < -0.4 is 19.7 Å². The fourth-order valence-corrected chi connectivity index (χ4v) is 5.70. The van der Waals surface area contributed by atoms with Crippen LogP contribution in [0.5, 0.6) is 11.6 Å². The summed E-state index contributed by atoms with van der Waals surface area (Å²) in [6.07, 6.45) is 4.14. The van der Waals surface area contributed by atoms with Crippen LogP contribution in [0.2, 0.25) is 0 Å². The molecule has 230 valence electrons. The summed E-state index contributed by atoms with van der Waals surface area (Å²) in [6, 6.07) is 19.7. The number of hydrogen-bond donors (Lipinski definition) is 2. The van der Waals surface area contributed by atoms with Crippen molar-refractivity contribution in [3.05, 3.63) is 102 Å². The van der Waals surface area contributed by atoms with Crippen molar-refractivity contribution in [2.24, 2.45) is 0 Å². The number of nitrogens with one attached hydrogen (secondary N) is 2. The second-order valence-electron chi connectivity index (χ2n) is 10.9. The van der Waals surface area contributed by atoms with Crippen molar-refractivity contribution in [1.82, 2.24) is 14.9 Å². The third-order valence-corrected chi connectivity index (χ3v) is 7.94. The molecule has 0 atom stereocenters. The lowest BCUT2D eigenvalue weighted by Crippen LogP contribution is -2.49. The molecule has 2 aromatic heterocycles. The van der Waals surface area contributed by atoms with Gasteiger partial charge in [-0.25, -0.2) is 22.6 Å². The molecule has 2 aromatic carbocycles. The Balaban J connectivity index is 1.20. The monoisotopic (exact) mass is 618 g/mol. The molecule has 2 amide bonds. The molecule has 44 heavy (non-hydrogen) atoms. The fourth-order valence-electron chi connectivity index (χ4n) is 5.14. The van der Waals surface area contributed by atoms with Crippen molar-refractivity contribution in [3.63, 3.8) is 0 Å². The zero-order chi connectivity index (χ0) is 31.3. The van der Waals surface area contributed by atoms with Crippen LogP contribution in [0, 0.1) is 19.7 Å². The number of anilines is 3. The van der Waals surface area contributed by atoms with Gasteiger partial charge >= 0.3 is 6.03 Å². The number of likely N-dealkylation sites (tertiary alicyclic amines) is 1. The Bertz CT molecular complexity index is 1710. The van der Waals surface area contributed by atoms with Crippen LogP contribution in [0.15, 0.2) is 79.0 Å². The number of piperidine rings is 1. The van der Waals surface area contributed by atoms with E-state index < -0.39 is 15.8 Å². The van der Waals surface area contributed by atoms with Gasteiger partial charge in [0.15, 0.2) is 0 Å². The van der Waals surface area contributed by atoms with Crippen molar-refractivity contribution in [3.8, 4) is 11.6 Å². The van der Waals surface area contributed by atoms with E-state index in [0.717, 1.165) is 36.3 Å². The molecule has 5 rings (SSSR count). The first kappa shape index (κ1) is 30.9. The van der Waals surface area contributed by atoms with E-state index in [-0.39, 0.29) is 12.1 Å². The Labute approximate surface area is 257 Å². The number of aromatic nitrogens is 2. The molecule has 2 N–H and O–H groups in total. The fraction of sp³-hybridized carbons (Fsp3) is 0.281. The Morgan fingerprint density at radius 3 is 2.39 bits per heavy atom. The summed E-state index contributed by atoms with van der Waals surface area (Å²) in [5.41, 5.74) is 4.30. The predicted octanol–water partition coefficient (Wildman–Crippen LogP) is 6.10. The lowest BCUT2D eigenvalue weighted by molar-refractivity contribution is 0.199. The van der Waals surface area contributed by atoms with Crippen molar-refractivity contribution >= 4 is 33.1 Å². The van der Waals surface area contributed by atoms with Crippen LogP contribution in [0.4, 0.5) is 26.2 Å². The quantitative estimate of drug-likeness (QED) is 0.233. The second kappa shape index (κ2) is 13.4. The number of halogens is 1. The predicted molar refractivity (Wildman–Crippen MR) is 169 cm³/mol. The summed E-state index contributed by atoms with van der Waals surface area (Å²) in [5.74, 6) is 0.580. The first-order valence-electron chi connectivity index (χ1n) is 14.3. The van der Waals surface area contributed by atoms with Crippen molar-refractivity contribution in [2.75, 3.05) is 34.3 Å². The maximum absolute atomic E-state index is 14.2. The minimum atomic E-state index is -3.35. The van der Waals surface area contributed by atoms with Crippen molar-refractivity contribution in [2.45, 2.75) is 39.3 Å². The summed E-state index contributed by atoms with van der Waals surface area (Å²) in [4.78, 5) is 26.3. The number of rotatable bonds is 9. The number of ether oxygens (including phenoxy) is 1. The molecule has 0 radical (unpaired) electrons. The molecule has 1 aliphatic rings. The van der Waals surface area contributed by atoms with Crippen LogP contribution in [0.3, 0.4) is 0 Å². The molecule has 4 aromatic rings. The number of hydrogen-bond acceptors (Lipinski definition) is 7. The van der Waals surface area contributed by atoms with E-state index in [1.807, 2.05) is 32.0 Å². The molecule has 0 spiro atoms. The van der Waals surface area contributed by atoms with E-state index in [1.165, 1.54) is 12.1 Å². The standard InChI is InChI=1S/C32H35FN6O4S/c1-22-7-9-27(20-34-22)36-32(40)39(29-6-4-5-25(33)19-29)28-15-17-38(18-16-28)21-24-8-14-31(35-23(24)2)43-30-12-10-26(11-13-30)37-44(3,41)42/h4-14,19-20,28,37H,15-18,21H2,1-3H3,(H,36,40). The van der Waals surface area contributed by atoms with Crippen molar-refractivity contribution < 1.29 is 22.3 Å². The average molecular weight is 619 g/mol. The molecule has 1 saturated heterocycles. The summed E-state index contributed by atoms with van der Waals surface area (Å²) in [6.45, 7) is 6.01. The van der Waals surface area contributed by atoms with Gasteiger partial charge < -0.3 is 10.1 Å². The molecule has 0 saturated carbocycles. The number of amides is 2. The lowest BCUT2D eigenvalue weighted by atomic mass is 10.0. The minimum Gasteiger partial charge on any atom is -0.439 e. The molecule has 0 unspecified atom stereocenters. The van der Waals surface area contributed by atoms with Gasteiger partial charge in [-0.05, 0) is 86.8 Å². The molecule has 0 aliphatic carbocycles. The van der Waals surface area contributed by atoms with Crippen LogP contribution in [0.1, 0.15) is 29.8 Å². The molecular formula is C32H35FN6O4S. The lowest BCUT2D eigenvalue weighted by Gasteiger charge is -2.38. The second-order valence-corrected chi connectivity index (χ2v) is 12.6. The number of urea groups is 1. The summed E-state index contributed by atoms with van der Waals surface area (Å²) in [7, 11) is -3.35. The zero-order valence-electron chi connectivity index (χ0n) is 24.8. The number of pyridine rings is 2. The zero-order valence-corrected chi connectivity index (χ0v) is 25.6. The number of carbonyl (C=O) groups excluding carboxylic acids is 1. The van der Waals surface area contributed by atoms with E-state index >= 15 is 0 Å². The van der Waals surface area contributed by atoms with E-state index in [2.05, 4.69) is 24.9 Å². The largest absolute Gasteiger partial charge is 0.439 e. The van der Waals surface area contributed by atoms with Crippen molar-refractivity contribution in [1.29, 1.82) is 0 Å². The molecule has 3 heterocycles. The SMILES string of the molecule is Cc1ccc(NC(=O)N(c2cccc(F)c2)C2CCN(Cc3ccc(Oc4ccc(NS(C)(=O)=O)cc4)nc3C)CC2)cn1. The van der Waals surface area contributed by atoms with Gasteiger partial charge in [0, 0.05) is 54.5 Å². The molecule has 12 heteroatoms. The molecule has 10 nitrogen and oxygen atoms in total. The highest BCUT2D eigenvalue weighted by molar-refractivity contribution is 7.92. The highest BCUT2D eigenvalue weighted by atomic mass is 32.2. The van der Waals surface area contributed by atoms with Gasteiger partial charge in [0.25, 0.3) is 0 Å². The minimum absolute atomic E-state index is 0.111. The smallest absolute Gasteiger partial charge is 0.326 e. The Hall–Kier alpha value is -4.55. The van der Waals surface area contributed by atoms with Crippen LogP contribution in [-0.2, 0) is 16.6 Å². The molecule has 0 bridgehead atoms. The number of benzene rings is 2. The Morgan fingerprint density at radius 2 is 1.75 bits per heavy atom. The number of nitrogens with zero attached hydrogens (tertiary/aromatic N) is 4. The van der Waals surface area contributed by atoms with E-state index in [0.29, 0.717) is 48.1 Å². The van der Waals surface area contributed by atoms with Gasteiger partial charge in [0.2, 0.25) is 15.9 Å². The number of carbonyl (C=O) groups is 1. The third kappa shape index (κ3) is 8.29. The van der Waals surface area contributed by atoms with Gasteiger partial charge in [0.05, 0.1) is 18.1 Å². The van der Waals surface area contributed by atoms with E-state index in [4.69, 9.17) is 4.74 Å². The van der Waals surface area contributed by atoms with E-state index in [9.17, 15) is 17.6 Å². The summed E-state index contributed by atoms with van der Waals surface area (Å²) < 4.78 is 45.3. The molecule has 1 aliphatic heterocycles. The van der Waals surface area contributed by atoms with Crippen LogP contribution >= 0.6 is 0 Å². The molecule has 1 fully saturated rings. The normalized spacial score (nSPS) is 14.2. The van der Waals surface area contributed by atoms with E-state index in [1.54, 1.807) is 53.6 Å². The maximum atomic E-state index is 14.2. The van der Waals surface area contributed by atoms with Gasteiger partial charge in [-0.3, -0.25) is 19.5 Å². The Kier molecular flexibility index (Phi) is 9.40. The van der Waals surface area contributed by atoms with Crippen LogP contribution in [0.25, 0.3) is 0 Å². The average Bonchev–Trinajstić information content (AvgIpc) is 2.97.